The molecule has 2 rings (SSSR count). The molecule has 1 fully saturated rings. The van der Waals surface area contributed by atoms with Crippen LogP contribution in [0.25, 0.3) is 0 Å². The number of carbonyl (C=O) groups is 1. The summed E-state index contributed by atoms with van der Waals surface area (Å²) < 4.78 is 38.6. The zero-order valence-corrected chi connectivity index (χ0v) is 15.3. The number of sulfone groups is 1. The first-order chi connectivity index (χ1) is 11.9. The van der Waals surface area contributed by atoms with Crippen LogP contribution in [0.15, 0.2) is 17.2 Å². The predicted molar refractivity (Wildman–Crippen MR) is 93.2 cm³/mol. The second-order valence-corrected chi connectivity index (χ2v) is 7.92. The third-order valence-electron chi connectivity index (χ3n) is 3.93. The van der Waals surface area contributed by atoms with E-state index in [4.69, 9.17) is 14.2 Å². The zero-order valence-electron chi connectivity index (χ0n) is 14.4. The van der Waals surface area contributed by atoms with E-state index in [2.05, 4.69) is 10.5 Å². The minimum absolute atomic E-state index is 0.0631. The van der Waals surface area contributed by atoms with E-state index >= 15 is 0 Å². The molecule has 0 aromatic heterocycles. The van der Waals surface area contributed by atoms with Gasteiger partial charge in [-0.3, -0.25) is 4.79 Å². The van der Waals surface area contributed by atoms with Crippen molar-refractivity contribution in [1.29, 1.82) is 0 Å². The molecular weight excluding hydrogens is 348 g/mol. The standard InChI is InChI=1S/C16H22N2O6S/c1-22-13-5-4-12(15(23-2)16(13)24-3)9-17-18-14(19)8-11-6-7-25(20,21)10-11/h4-5,9,11H,6-8,10H2,1-3H3,(H,18,19)/b17-9-/t11-/m1/s1. The Hall–Kier alpha value is -2.29. The molecule has 8 nitrogen and oxygen atoms in total. The van der Waals surface area contributed by atoms with E-state index in [1.807, 2.05) is 0 Å². The SMILES string of the molecule is COc1ccc(/C=N\NC(=O)C[C@H]2CCS(=O)(=O)C2)c(OC)c1OC. The summed E-state index contributed by atoms with van der Waals surface area (Å²) in [7, 11) is 1.53. The molecule has 138 valence electrons. The van der Waals surface area contributed by atoms with Gasteiger partial charge < -0.3 is 14.2 Å². The van der Waals surface area contributed by atoms with Crippen molar-refractivity contribution < 1.29 is 27.4 Å². The maximum Gasteiger partial charge on any atom is 0.240 e. The van der Waals surface area contributed by atoms with E-state index in [0.717, 1.165) is 0 Å². The van der Waals surface area contributed by atoms with Crippen molar-refractivity contribution >= 4 is 22.0 Å². The van der Waals surface area contributed by atoms with Crippen molar-refractivity contribution in [2.24, 2.45) is 11.0 Å². The summed E-state index contributed by atoms with van der Waals surface area (Å²) in [6.07, 6.45) is 2.09. The first-order valence-electron chi connectivity index (χ1n) is 7.71. The number of nitrogens with one attached hydrogen (secondary N) is 1. The summed E-state index contributed by atoms with van der Waals surface area (Å²) in [4.78, 5) is 11.9. The molecule has 0 unspecified atom stereocenters. The number of ether oxygens (including phenoxy) is 3. The molecule has 0 bridgehead atoms. The average Bonchev–Trinajstić information content (AvgIpc) is 2.92. The lowest BCUT2D eigenvalue weighted by atomic mass is 10.1. The minimum Gasteiger partial charge on any atom is -0.493 e. The number of nitrogens with zero attached hydrogens (tertiary/aromatic N) is 1. The minimum atomic E-state index is -2.99. The maximum absolute atomic E-state index is 11.9. The quantitative estimate of drug-likeness (QED) is 0.567. The Labute approximate surface area is 147 Å². The predicted octanol–water partition coefficient (Wildman–Crippen LogP) is 0.987. The molecule has 1 heterocycles. The van der Waals surface area contributed by atoms with E-state index in [1.54, 1.807) is 12.1 Å². The Balaban J connectivity index is 2.01. The highest BCUT2D eigenvalue weighted by Crippen LogP contribution is 2.38. The molecule has 25 heavy (non-hydrogen) atoms. The van der Waals surface area contributed by atoms with Crippen LogP contribution in [0.5, 0.6) is 17.2 Å². The Morgan fingerprint density at radius 2 is 1.96 bits per heavy atom. The number of rotatable bonds is 7. The third-order valence-corrected chi connectivity index (χ3v) is 5.77. The highest BCUT2D eigenvalue weighted by atomic mass is 32.2. The van der Waals surface area contributed by atoms with Crippen LogP contribution in [0.4, 0.5) is 0 Å². The van der Waals surface area contributed by atoms with Gasteiger partial charge >= 0.3 is 0 Å². The number of hydrogen-bond acceptors (Lipinski definition) is 7. The first-order valence-corrected chi connectivity index (χ1v) is 9.53. The van der Waals surface area contributed by atoms with E-state index < -0.39 is 9.84 Å². The number of methoxy groups -OCH3 is 3. The Kier molecular flexibility index (Phi) is 6.24. The van der Waals surface area contributed by atoms with Gasteiger partial charge in [-0.1, -0.05) is 0 Å². The van der Waals surface area contributed by atoms with Crippen LogP contribution in [-0.4, -0.2) is 53.4 Å². The third kappa shape index (κ3) is 4.85. The molecule has 1 aromatic rings. The summed E-state index contributed by atoms with van der Waals surface area (Å²) in [6.45, 7) is 0. The normalized spacial score (nSPS) is 18.9. The van der Waals surface area contributed by atoms with Crippen molar-refractivity contribution in [3.05, 3.63) is 17.7 Å². The fourth-order valence-corrected chi connectivity index (χ4v) is 4.60. The Morgan fingerprint density at radius 1 is 1.24 bits per heavy atom. The zero-order chi connectivity index (χ0) is 18.4. The number of benzene rings is 1. The van der Waals surface area contributed by atoms with Gasteiger partial charge in [-0.25, -0.2) is 13.8 Å². The van der Waals surface area contributed by atoms with Gasteiger partial charge in [0.15, 0.2) is 21.3 Å². The van der Waals surface area contributed by atoms with Gasteiger partial charge in [-0.2, -0.15) is 5.10 Å². The molecule has 0 spiro atoms. The van der Waals surface area contributed by atoms with Crippen molar-refractivity contribution in [1.82, 2.24) is 5.43 Å². The van der Waals surface area contributed by atoms with Gasteiger partial charge in [0, 0.05) is 12.0 Å². The highest BCUT2D eigenvalue weighted by molar-refractivity contribution is 7.91. The van der Waals surface area contributed by atoms with Crippen molar-refractivity contribution in [3.8, 4) is 17.2 Å². The molecule has 0 radical (unpaired) electrons. The van der Waals surface area contributed by atoms with E-state index in [1.165, 1.54) is 27.5 Å². The molecule has 1 N–H and O–H groups in total. The summed E-state index contributed by atoms with van der Waals surface area (Å²) in [5.74, 6) is 1.12. The summed E-state index contributed by atoms with van der Waals surface area (Å²) in [5.41, 5.74) is 3.01. The lowest BCUT2D eigenvalue weighted by Crippen LogP contribution is -2.21. The average molecular weight is 370 g/mol. The fraction of sp³-hybridized carbons (Fsp3) is 0.500. The molecular formula is C16H22N2O6S. The van der Waals surface area contributed by atoms with E-state index in [-0.39, 0.29) is 29.8 Å². The molecule has 1 aliphatic rings. The topological polar surface area (TPSA) is 103 Å². The van der Waals surface area contributed by atoms with Crippen LogP contribution in [0.2, 0.25) is 0 Å². The van der Waals surface area contributed by atoms with Crippen LogP contribution in [0.1, 0.15) is 18.4 Å². The fourth-order valence-electron chi connectivity index (χ4n) is 2.74. The molecule has 1 saturated heterocycles. The van der Waals surface area contributed by atoms with Crippen molar-refractivity contribution in [3.63, 3.8) is 0 Å². The van der Waals surface area contributed by atoms with Gasteiger partial charge in [0.2, 0.25) is 11.7 Å². The van der Waals surface area contributed by atoms with Gasteiger partial charge in [-0.05, 0) is 24.5 Å². The maximum atomic E-state index is 11.9. The molecule has 1 aliphatic heterocycles. The second-order valence-electron chi connectivity index (χ2n) is 5.69. The summed E-state index contributed by atoms with van der Waals surface area (Å²) in [5, 5.41) is 3.91. The largest absolute Gasteiger partial charge is 0.493 e. The van der Waals surface area contributed by atoms with Crippen LogP contribution in [-0.2, 0) is 14.6 Å². The number of hydrogen-bond donors (Lipinski definition) is 1. The molecule has 1 atom stereocenters. The first kappa shape index (κ1) is 19.0. The molecule has 1 amide bonds. The molecule has 1 aromatic carbocycles. The molecule has 0 aliphatic carbocycles. The summed E-state index contributed by atoms with van der Waals surface area (Å²) in [6, 6.07) is 3.42. The van der Waals surface area contributed by atoms with Gasteiger partial charge in [0.25, 0.3) is 0 Å². The van der Waals surface area contributed by atoms with Crippen LogP contribution < -0.4 is 19.6 Å². The van der Waals surface area contributed by atoms with Crippen LogP contribution in [0.3, 0.4) is 0 Å². The molecule has 0 saturated carbocycles. The van der Waals surface area contributed by atoms with Crippen molar-refractivity contribution in [2.75, 3.05) is 32.8 Å². The van der Waals surface area contributed by atoms with Crippen LogP contribution in [0, 0.1) is 5.92 Å². The number of hydrazone groups is 1. The van der Waals surface area contributed by atoms with Gasteiger partial charge in [0.1, 0.15) is 0 Å². The Bertz CT molecular complexity index is 760. The van der Waals surface area contributed by atoms with Crippen LogP contribution >= 0.6 is 0 Å². The summed E-state index contributed by atoms with van der Waals surface area (Å²) >= 11 is 0. The second kappa shape index (κ2) is 8.19. The smallest absolute Gasteiger partial charge is 0.240 e. The van der Waals surface area contributed by atoms with Gasteiger partial charge in [-0.15, -0.1) is 0 Å². The van der Waals surface area contributed by atoms with E-state index in [0.29, 0.717) is 29.2 Å². The lowest BCUT2D eigenvalue weighted by Gasteiger charge is -2.13. The van der Waals surface area contributed by atoms with E-state index in [9.17, 15) is 13.2 Å². The number of amides is 1. The molecule has 9 heteroatoms. The highest BCUT2D eigenvalue weighted by Gasteiger charge is 2.29. The Morgan fingerprint density at radius 3 is 2.52 bits per heavy atom. The van der Waals surface area contributed by atoms with Crippen molar-refractivity contribution in [2.45, 2.75) is 12.8 Å². The monoisotopic (exact) mass is 370 g/mol. The lowest BCUT2D eigenvalue weighted by molar-refractivity contribution is -0.121. The number of carbonyl (C=O) groups excluding carboxylic acids is 1. The van der Waals surface area contributed by atoms with Gasteiger partial charge in [0.05, 0.1) is 39.0 Å².